The van der Waals surface area contributed by atoms with Crippen molar-refractivity contribution in [2.24, 2.45) is 5.92 Å². The Morgan fingerprint density at radius 2 is 1.85 bits per heavy atom. The third-order valence-corrected chi connectivity index (χ3v) is 3.64. The minimum absolute atomic E-state index is 0.0897. The Labute approximate surface area is 118 Å². The van der Waals surface area contributed by atoms with E-state index in [1.807, 2.05) is 6.92 Å². The highest BCUT2D eigenvalue weighted by Gasteiger charge is 2.39. The van der Waals surface area contributed by atoms with Gasteiger partial charge in [-0.1, -0.05) is 13.8 Å². The summed E-state index contributed by atoms with van der Waals surface area (Å²) < 4.78 is 0. The molecule has 1 amide bonds. The number of amides is 1. The number of nitrogens with zero attached hydrogens (tertiary/aromatic N) is 1. The van der Waals surface area contributed by atoms with E-state index < -0.39 is 29.6 Å². The molecule has 0 saturated carbocycles. The third kappa shape index (κ3) is 3.65. The van der Waals surface area contributed by atoms with Gasteiger partial charge in [-0.25, -0.2) is 0 Å². The van der Waals surface area contributed by atoms with Crippen molar-refractivity contribution in [2.75, 3.05) is 6.54 Å². The maximum absolute atomic E-state index is 12.1. The van der Waals surface area contributed by atoms with Crippen molar-refractivity contribution in [3.05, 3.63) is 0 Å². The highest BCUT2D eigenvalue weighted by atomic mass is 16.4. The Bertz CT molecular complexity index is 418. The number of hydrogen-bond acceptors (Lipinski definition) is 4. The molecule has 0 aromatic carbocycles. The summed E-state index contributed by atoms with van der Waals surface area (Å²) in [5, 5.41) is 9.07. The Kier molecular flexibility index (Phi) is 5.85. The molecule has 1 aliphatic heterocycles. The molecule has 1 rings (SSSR count). The van der Waals surface area contributed by atoms with Crippen LogP contribution in [0.15, 0.2) is 0 Å². The lowest BCUT2D eigenvalue weighted by atomic mass is 9.87. The number of aliphatic carboxylic acids is 1. The molecule has 2 atom stereocenters. The van der Waals surface area contributed by atoms with Gasteiger partial charge >= 0.3 is 5.97 Å². The number of piperidine rings is 1. The second-order valence-electron chi connectivity index (χ2n) is 5.07. The first-order valence-electron chi connectivity index (χ1n) is 7.01. The van der Waals surface area contributed by atoms with E-state index in [2.05, 4.69) is 0 Å². The van der Waals surface area contributed by atoms with E-state index in [0.29, 0.717) is 12.8 Å². The lowest BCUT2D eigenvalue weighted by molar-refractivity contribution is -0.153. The molecule has 0 spiro atoms. The van der Waals surface area contributed by atoms with Gasteiger partial charge in [0, 0.05) is 19.4 Å². The van der Waals surface area contributed by atoms with Gasteiger partial charge in [-0.05, 0) is 19.3 Å². The number of rotatable bonds is 6. The Morgan fingerprint density at radius 1 is 1.20 bits per heavy atom. The van der Waals surface area contributed by atoms with Crippen LogP contribution in [-0.2, 0) is 19.2 Å². The number of carbonyl (C=O) groups excluding carboxylic acids is 3. The van der Waals surface area contributed by atoms with Crippen LogP contribution in [0.2, 0.25) is 0 Å². The molecule has 1 aliphatic rings. The van der Waals surface area contributed by atoms with Crippen LogP contribution in [-0.4, -0.2) is 46.0 Å². The summed E-state index contributed by atoms with van der Waals surface area (Å²) in [6, 6.07) is -0.771. The molecule has 0 aromatic heterocycles. The zero-order valence-electron chi connectivity index (χ0n) is 11.9. The van der Waals surface area contributed by atoms with E-state index in [1.54, 1.807) is 6.92 Å². The summed E-state index contributed by atoms with van der Waals surface area (Å²) in [6.07, 6.45) is 1.41. The van der Waals surface area contributed by atoms with E-state index in [9.17, 15) is 19.2 Å². The quantitative estimate of drug-likeness (QED) is 0.735. The normalized spacial score (nSPS) is 22.4. The molecule has 6 nitrogen and oxygen atoms in total. The van der Waals surface area contributed by atoms with Crippen molar-refractivity contribution in [1.29, 1.82) is 0 Å². The van der Waals surface area contributed by atoms with Gasteiger partial charge in [0.2, 0.25) is 5.78 Å². The summed E-state index contributed by atoms with van der Waals surface area (Å²) in [7, 11) is 0. The first-order chi connectivity index (χ1) is 9.42. The number of carboxylic acids is 1. The number of carboxylic acid groups (broad SMARTS) is 1. The molecule has 1 N–H and O–H groups in total. The van der Waals surface area contributed by atoms with Crippen LogP contribution in [0, 0.1) is 5.92 Å². The van der Waals surface area contributed by atoms with Gasteiger partial charge in [-0.15, -0.1) is 0 Å². The number of carbonyl (C=O) groups is 4. The Balaban J connectivity index is 2.91. The molecule has 20 heavy (non-hydrogen) atoms. The van der Waals surface area contributed by atoms with Crippen LogP contribution in [0.5, 0.6) is 0 Å². The molecule has 6 heteroatoms. The molecule has 2 unspecified atom stereocenters. The zero-order valence-corrected chi connectivity index (χ0v) is 11.9. The zero-order chi connectivity index (χ0) is 15.3. The first-order valence-corrected chi connectivity index (χ1v) is 7.01. The van der Waals surface area contributed by atoms with E-state index in [-0.39, 0.29) is 31.6 Å². The van der Waals surface area contributed by atoms with Gasteiger partial charge in [0.05, 0.1) is 12.0 Å². The van der Waals surface area contributed by atoms with E-state index in [4.69, 9.17) is 5.11 Å². The molecule has 0 aliphatic carbocycles. The minimum Gasteiger partial charge on any atom is -0.481 e. The summed E-state index contributed by atoms with van der Waals surface area (Å²) in [5.74, 6) is -2.93. The number of hydrogen-bond donors (Lipinski definition) is 1. The van der Waals surface area contributed by atoms with Gasteiger partial charge in [0.15, 0.2) is 5.78 Å². The van der Waals surface area contributed by atoms with Crippen LogP contribution in [0.1, 0.15) is 46.0 Å². The van der Waals surface area contributed by atoms with Crippen molar-refractivity contribution in [3.63, 3.8) is 0 Å². The second-order valence-corrected chi connectivity index (χ2v) is 5.07. The lowest BCUT2D eigenvalue weighted by Crippen LogP contribution is -2.53. The molecule has 112 valence electrons. The van der Waals surface area contributed by atoms with Crippen LogP contribution >= 0.6 is 0 Å². The van der Waals surface area contributed by atoms with Crippen LogP contribution < -0.4 is 0 Å². The average molecular weight is 283 g/mol. The molecule has 0 radical (unpaired) electrons. The Hall–Kier alpha value is -1.72. The fourth-order valence-corrected chi connectivity index (χ4v) is 2.46. The van der Waals surface area contributed by atoms with Crippen molar-refractivity contribution >= 4 is 23.4 Å². The van der Waals surface area contributed by atoms with E-state index in [1.165, 1.54) is 4.90 Å². The lowest BCUT2D eigenvalue weighted by Gasteiger charge is -2.36. The maximum Gasteiger partial charge on any atom is 0.306 e. The predicted molar refractivity (Wildman–Crippen MR) is 71.1 cm³/mol. The van der Waals surface area contributed by atoms with E-state index in [0.717, 1.165) is 0 Å². The molecule has 0 aromatic rings. The summed E-state index contributed by atoms with van der Waals surface area (Å²) in [6.45, 7) is 3.59. The van der Waals surface area contributed by atoms with Crippen LogP contribution in [0.4, 0.5) is 0 Å². The third-order valence-electron chi connectivity index (χ3n) is 3.64. The van der Waals surface area contributed by atoms with Crippen molar-refractivity contribution in [3.8, 4) is 0 Å². The number of ketones is 2. The maximum atomic E-state index is 12.1. The molecular weight excluding hydrogens is 262 g/mol. The largest absolute Gasteiger partial charge is 0.481 e. The molecular formula is C14H21NO5. The molecule has 1 saturated heterocycles. The van der Waals surface area contributed by atoms with Crippen molar-refractivity contribution < 1.29 is 24.3 Å². The minimum atomic E-state index is -0.951. The smallest absolute Gasteiger partial charge is 0.306 e. The molecule has 1 fully saturated rings. The topological polar surface area (TPSA) is 91.8 Å². The SMILES string of the molecule is CCCC(=O)C1CC(C(=O)O)CCN1C(=O)C(=O)CC. The van der Waals surface area contributed by atoms with Crippen molar-refractivity contribution in [2.45, 2.75) is 52.0 Å². The summed E-state index contributed by atoms with van der Waals surface area (Å²) >= 11 is 0. The molecule has 1 heterocycles. The number of Topliss-reactive ketones (excluding diaryl/α,β-unsaturated/α-hetero) is 2. The first kappa shape index (κ1) is 16.3. The highest BCUT2D eigenvalue weighted by molar-refractivity contribution is 6.36. The van der Waals surface area contributed by atoms with Gasteiger partial charge in [-0.3, -0.25) is 19.2 Å². The average Bonchev–Trinajstić information content (AvgIpc) is 2.45. The van der Waals surface area contributed by atoms with Gasteiger partial charge < -0.3 is 10.0 Å². The monoisotopic (exact) mass is 283 g/mol. The predicted octanol–water partition coefficient (Wildman–Crippen LogP) is 1.03. The number of likely N-dealkylation sites (tertiary alicyclic amines) is 1. The highest BCUT2D eigenvalue weighted by Crippen LogP contribution is 2.25. The van der Waals surface area contributed by atoms with E-state index >= 15 is 0 Å². The van der Waals surface area contributed by atoms with Gasteiger partial charge in [0.25, 0.3) is 5.91 Å². The van der Waals surface area contributed by atoms with Gasteiger partial charge in [0.1, 0.15) is 0 Å². The standard InChI is InChI=1S/C14H21NO5/c1-3-5-12(17)10-8-9(14(19)20)6-7-15(10)13(18)11(16)4-2/h9-10H,3-8H2,1-2H3,(H,19,20). The fourth-order valence-electron chi connectivity index (χ4n) is 2.46. The summed E-state index contributed by atoms with van der Waals surface area (Å²) in [4.78, 5) is 48.0. The molecule has 0 bridgehead atoms. The van der Waals surface area contributed by atoms with Crippen LogP contribution in [0.3, 0.4) is 0 Å². The Morgan fingerprint density at radius 3 is 2.35 bits per heavy atom. The summed E-state index contributed by atoms with van der Waals surface area (Å²) in [5.41, 5.74) is 0. The van der Waals surface area contributed by atoms with Gasteiger partial charge in [-0.2, -0.15) is 0 Å². The second kappa shape index (κ2) is 7.17. The van der Waals surface area contributed by atoms with Crippen LogP contribution in [0.25, 0.3) is 0 Å². The fraction of sp³-hybridized carbons (Fsp3) is 0.714. The van der Waals surface area contributed by atoms with Crippen molar-refractivity contribution in [1.82, 2.24) is 4.90 Å².